The molecule has 0 spiro atoms. The van der Waals surface area contributed by atoms with E-state index in [1.165, 1.54) is 36.4 Å². The van der Waals surface area contributed by atoms with E-state index >= 15 is 0 Å². The molecule has 122 valence electrons. The monoisotopic (exact) mass is 384 g/mol. The summed E-state index contributed by atoms with van der Waals surface area (Å²) in [6.07, 6.45) is 0. The zero-order valence-corrected chi connectivity index (χ0v) is 14.1. The first-order valence-electron chi connectivity index (χ1n) is 6.64. The molecular formula is C17H8Cl2F2O2S. The van der Waals surface area contributed by atoms with Crippen LogP contribution in [0.4, 0.5) is 8.78 Å². The Morgan fingerprint density at radius 2 is 1.75 bits per heavy atom. The number of hydrogen-bond donors (Lipinski definition) is 1. The predicted molar refractivity (Wildman–Crippen MR) is 92.1 cm³/mol. The van der Waals surface area contributed by atoms with E-state index in [4.69, 9.17) is 23.2 Å². The van der Waals surface area contributed by atoms with Gasteiger partial charge in [0.05, 0.1) is 5.02 Å². The van der Waals surface area contributed by atoms with Crippen molar-refractivity contribution in [2.75, 3.05) is 0 Å². The molecule has 1 heterocycles. The number of halogens is 4. The molecule has 24 heavy (non-hydrogen) atoms. The highest BCUT2D eigenvalue weighted by atomic mass is 35.5. The van der Waals surface area contributed by atoms with Gasteiger partial charge in [0.15, 0.2) is 0 Å². The van der Waals surface area contributed by atoms with Crippen molar-refractivity contribution < 1.29 is 18.7 Å². The minimum atomic E-state index is -1.11. The number of carbonyl (C=O) groups is 1. The molecule has 0 atom stereocenters. The van der Waals surface area contributed by atoms with Gasteiger partial charge in [0, 0.05) is 15.5 Å². The van der Waals surface area contributed by atoms with Gasteiger partial charge in [0.25, 0.3) is 0 Å². The molecule has 0 fully saturated rings. The predicted octanol–water partition coefficient (Wildman–Crippen LogP) is 6.37. The zero-order valence-electron chi connectivity index (χ0n) is 11.8. The number of thiophene rings is 1. The Balaban J connectivity index is 2.24. The number of benzene rings is 2. The van der Waals surface area contributed by atoms with Crippen molar-refractivity contribution in [3.05, 3.63) is 69.0 Å². The van der Waals surface area contributed by atoms with Crippen molar-refractivity contribution in [1.29, 1.82) is 0 Å². The first-order chi connectivity index (χ1) is 11.3. The lowest BCUT2D eigenvalue weighted by molar-refractivity contribution is 0.0702. The van der Waals surface area contributed by atoms with Gasteiger partial charge in [-0.3, -0.25) is 0 Å². The smallest absolute Gasteiger partial charge is 0.345 e. The van der Waals surface area contributed by atoms with Crippen LogP contribution in [0.1, 0.15) is 9.67 Å². The maximum Gasteiger partial charge on any atom is 0.345 e. The molecule has 0 saturated heterocycles. The summed E-state index contributed by atoms with van der Waals surface area (Å²) >= 11 is 12.7. The number of rotatable bonds is 3. The summed E-state index contributed by atoms with van der Waals surface area (Å²) in [6, 6.07) is 9.48. The Labute approximate surface area is 149 Å². The number of hydrogen-bond acceptors (Lipinski definition) is 2. The molecule has 7 heteroatoms. The summed E-state index contributed by atoms with van der Waals surface area (Å²) in [4.78, 5) is 11.9. The van der Waals surface area contributed by atoms with Crippen molar-refractivity contribution in [2.24, 2.45) is 0 Å². The van der Waals surface area contributed by atoms with Gasteiger partial charge in [-0.25, -0.2) is 13.6 Å². The minimum absolute atomic E-state index is 0.0702. The Bertz CT molecular complexity index is 934. The molecule has 0 unspecified atom stereocenters. The molecule has 0 aliphatic carbocycles. The van der Waals surface area contributed by atoms with Crippen LogP contribution in [0.15, 0.2) is 42.5 Å². The fourth-order valence-corrected chi connectivity index (χ4v) is 3.68. The van der Waals surface area contributed by atoms with E-state index in [0.717, 1.165) is 17.4 Å². The Morgan fingerprint density at radius 3 is 2.38 bits per heavy atom. The molecule has 0 amide bonds. The molecule has 0 aliphatic rings. The Kier molecular flexibility index (Phi) is 4.58. The quantitative estimate of drug-likeness (QED) is 0.569. The first kappa shape index (κ1) is 16.9. The molecule has 3 rings (SSSR count). The normalized spacial score (nSPS) is 10.8. The lowest BCUT2D eigenvalue weighted by atomic mass is 10.0. The van der Waals surface area contributed by atoms with E-state index in [-0.39, 0.29) is 14.9 Å². The van der Waals surface area contributed by atoms with Crippen molar-refractivity contribution in [3.8, 4) is 21.6 Å². The van der Waals surface area contributed by atoms with Gasteiger partial charge in [-0.1, -0.05) is 29.3 Å². The third kappa shape index (κ3) is 3.29. The van der Waals surface area contributed by atoms with Gasteiger partial charge in [-0.05, 0) is 47.5 Å². The minimum Gasteiger partial charge on any atom is -0.477 e. The topological polar surface area (TPSA) is 37.3 Å². The van der Waals surface area contributed by atoms with Gasteiger partial charge < -0.3 is 5.11 Å². The van der Waals surface area contributed by atoms with E-state index in [2.05, 4.69) is 0 Å². The summed E-state index contributed by atoms with van der Waals surface area (Å²) in [7, 11) is 0. The standard InChI is InChI=1S/C17H8Cl2F2O2S/c18-10-3-9(4-11(20)6-10)16-12(7-15(24-16)17(22)23)8-1-2-14(21)13(19)5-8/h1-7H,(H,22,23). The van der Waals surface area contributed by atoms with Crippen molar-refractivity contribution in [2.45, 2.75) is 0 Å². The zero-order chi connectivity index (χ0) is 17.4. The highest BCUT2D eigenvalue weighted by Crippen LogP contribution is 2.41. The molecule has 0 aliphatic heterocycles. The fourth-order valence-electron chi connectivity index (χ4n) is 2.27. The third-order valence-corrected chi connectivity index (χ3v) is 4.98. The molecule has 0 saturated carbocycles. The maximum absolute atomic E-state index is 13.7. The van der Waals surface area contributed by atoms with Crippen LogP contribution in [-0.2, 0) is 0 Å². The molecule has 1 N–H and O–H groups in total. The fraction of sp³-hybridized carbons (Fsp3) is 0. The van der Waals surface area contributed by atoms with Crippen LogP contribution in [0.25, 0.3) is 21.6 Å². The molecule has 3 aromatic rings. The molecule has 2 nitrogen and oxygen atoms in total. The summed E-state index contributed by atoms with van der Waals surface area (Å²) in [5.41, 5.74) is 1.48. The highest BCUT2D eigenvalue weighted by Gasteiger charge is 2.18. The van der Waals surface area contributed by atoms with Crippen molar-refractivity contribution >= 4 is 40.5 Å². The van der Waals surface area contributed by atoms with E-state index in [1.54, 1.807) is 0 Å². The van der Waals surface area contributed by atoms with Crippen LogP contribution in [0.2, 0.25) is 10.0 Å². The lowest BCUT2D eigenvalue weighted by Gasteiger charge is -2.06. The average molecular weight is 385 g/mol. The molecule has 2 aromatic carbocycles. The van der Waals surface area contributed by atoms with E-state index in [1.807, 2.05) is 0 Å². The van der Waals surface area contributed by atoms with Gasteiger partial charge >= 0.3 is 5.97 Å². The molecule has 1 aromatic heterocycles. The SMILES string of the molecule is O=C(O)c1cc(-c2ccc(F)c(Cl)c2)c(-c2cc(F)cc(Cl)c2)s1. The van der Waals surface area contributed by atoms with Gasteiger partial charge in [-0.2, -0.15) is 0 Å². The van der Waals surface area contributed by atoms with Crippen LogP contribution in [0.5, 0.6) is 0 Å². The van der Waals surface area contributed by atoms with Crippen molar-refractivity contribution in [1.82, 2.24) is 0 Å². The second-order valence-electron chi connectivity index (χ2n) is 4.95. The average Bonchev–Trinajstić information content (AvgIpc) is 2.94. The summed E-state index contributed by atoms with van der Waals surface area (Å²) in [5, 5.41) is 9.36. The van der Waals surface area contributed by atoms with Gasteiger partial charge in [0.2, 0.25) is 0 Å². The van der Waals surface area contributed by atoms with Crippen molar-refractivity contribution in [3.63, 3.8) is 0 Å². The highest BCUT2D eigenvalue weighted by molar-refractivity contribution is 7.18. The van der Waals surface area contributed by atoms with Crippen LogP contribution in [-0.4, -0.2) is 11.1 Å². The van der Waals surface area contributed by atoms with Crippen LogP contribution in [0, 0.1) is 11.6 Å². The number of aromatic carboxylic acids is 1. The maximum atomic E-state index is 13.7. The van der Waals surface area contributed by atoms with Gasteiger partial charge in [0.1, 0.15) is 16.5 Å². The van der Waals surface area contributed by atoms with E-state index in [0.29, 0.717) is 21.6 Å². The Hall–Kier alpha value is -1.95. The third-order valence-electron chi connectivity index (χ3n) is 3.30. The number of carboxylic acid groups (broad SMARTS) is 1. The van der Waals surface area contributed by atoms with E-state index < -0.39 is 17.6 Å². The largest absolute Gasteiger partial charge is 0.477 e. The molecule has 0 bridgehead atoms. The van der Waals surface area contributed by atoms with Crippen LogP contribution < -0.4 is 0 Å². The second-order valence-corrected chi connectivity index (χ2v) is 6.84. The van der Waals surface area contributed by atoms with Crippen LogP contribution in [0.3, 0.4) is 0 Å². The number of carboxylic acids is 1. The summed E-state index contributed by atoms with van der Waals surface area (Å²) < 4.78 is 27.1. The molecule has 0 radical (unpaired) electrons. The molecular weight excluding hydrogens is 377 g/mol. The lowest BCUT2D eigenvalue weighted by Crippen LogP contribution is -1.90. The summed E-state index contributed by atoms with van der Waals surface area (Å²) in [6.45, 7) is 0. The Morgan fingerprint density at radius 1 is 1.00 bits per heavy atom. The first-order valence-corrected chi connectivity index (χ1v) is 8.21. The summed E-state index contributed by atoms with van der Waals surface area (Å²) in [5.74, 6) is -2.22. The van der Waals surface area contributed by atoms with Crippen LogP contribution >= 0.6 is 34.5 Å². The van der Waals surface area contributed by atoms with Gasteiger partial charge in [-0.15, -0.1) is 11.3 Å². The second kappa shape index (κ2) is 6.51. The van der Waals surface area contributed by atoms with E-state index in [9.17, 15) is 18.7 Å².